The van der Waals surface area contributed by atoms with Crippen LogP contribution in [0.1, 0.15) is 25.5 Å². The molecular formula is C11H19N5O. The summed E-state index contributed by atoms with van der Waals surface area (Å²) in [5.41, 5.74) is 3.35. The average Bonchev–Trinajstić information content (AvgIpc) is 2.28. The zero-order valence-corrected chi connectivity index (χ0v) is 10.2. The highest BCUT2D eigenvalue weighted by molar-refractivity contribution is 5.42. The Morgan fingerprint density at radius 2 is 2.29 bits per heavy atom. The maximum absolute atomic E-state index is 5.51. The fraction of sp³-hybridized carbons (Fsp3) is 0.636. The summed E-state index contributed by atoms with van der Waals surface area (Å²) >= 11 is 0. The van der Waals surface area contributed by atoms with E-state index < -0.39 is 0 Å². The zero-order valence-electron chi connectivity index (χ0n) is 10.2. The van der Waals surface area contributed by atoms with Crippen molar-refractivity contribution >= 4 is 11.8 Å². The molecule has 0 aromatic carbocycles. The zero-order chi connectivity index (χ0) is 12.3. The van der Waals surface area contributed by atoms with Crippen molar-refractivity contribution in [3.05, 3.63) is 11.8 Å². The molecule has 1 aliphatic rings. The largest absolute Gasteiger partial charge is 0.378 e. The van der Waals surface area contributed by atoms with Crippen molar-refractivity contribution in [2.24, 2.45) is 5.84 Å². The number of hydrogen-bond acceptors (Lipinski definition) is 6. The highest BCUT2D eigenvalue weighted by Gasteiger charge is 2.19. The van der Waals surface area contributed by atoms with Crippen molar-refractivity contribution < 1.29 is 4.74 Å². The van der Waals surface area contributed by atoms with Crippen LogP contribution in [0, 0.1) is 6.92 Å². The Morgan fingerprint density at radius 1 is 1.47 bits per heavy atom. The van der Waals surface area contributed by atoms with Gasteiger partial charge in [0.15, 0.2) is 0 Å². The number of aromatic nitrogens is 2. The molecule has 1 fully saturated rings. The molecule has 2 rings (SSSR count). The molecule has 1 aliphatic heterocycles. The lowest BCUT2D eigenvalue weighted by molar-refractivity contribution is 0.0232. The van der Waals surface area contributed by atoms with Gasteiger partial charge in [0.25, 0.3) is 0 Å². The number of aryl methyl sites for hydroxylation is 1. The van der Waals surface area contributed by atoms with E-state index in [0.717, 1.165) is 31.0 Å². The highest BCUT2D eigenvalue weighted by atomic mass is 16.5. The molecule has 0 spiro atoms. The summed E-state index contributed by atoms with van der Waals surface area (Å²) in [6.07, 6.45) is 2.30. The SMILES string of the molecule is Cc1cc(NC2CCOC(C)C2)nc(NN)n1. The van der Waals surface area contributed by atoms with Crippen LogP contribution in [0.25, 0.3) is 0 Å². The average molecular weight is 237 g/mol. The molecule has 2 heterocycles. The Labute approximate surface area is 101 Å². The van der Waals surface area contributed by atoms with Crippen LogP contribution in [0.3, 0.4) is 0 Å². The molecule has 2 unspecified atom stereocenters. The first-order valence-electron chi connectivity index (χ1n) is 5.88. The topological polar surface area (TPSA) is 85.1 Å². The van der Waals surface area contributed by atoms with Gasteiger partial charge in [0.2, 0.25) is 5.95 Å². The third-order valence-electron chi connectivity index (χ3n) is 2.82. The lowest BCUT2D eigenvalue weighted by Crippen LogP contribution is -2.32. The van der Waals surface area contributed by atoms with E-state index in [-0.39, 0.29) is 0 Å². The molecule has 17 heavy (non-hydrogen) atoms. The van der Waals surface area contributed by atoms with E-state index in [1.165, 1.54) is 0 Å². The van der Waals surface area contributed by atoms with Crippen molar-refractivity contribution in [3.63, 3.8) is 0 Å². The van der Waals surface area contributed by atoms with Crippen LogP contribution < -0.4 is 16.6 Å². The molecule has 0 aliphatic carbocycles. The van der Waals surface area contributed by atoms with Crippen LogP contribution in [0.2, 0.25) is 0 Å². The van der Waals surface area contributed by atoms with E-state index in [1.807, 2.05) is 13.0 Å². The molecule has 94 valence electrons. The molecule has 0 bridgehead atoms. The number of ether oxygens (including phenoxy) is 1. The molecule has 2 atom stereocenters. The molecule has 0 amide bonds. The van der Waals surface area contributed by atoms with Gasteiger partial charge >= 0.3 is 0 Å². The quantitative estimate of drug-likeness (QED) is 0.538. The summed E-state index contributed by atoms with van der Waals surface area (Å²) in [5, 5.41) is 3.40. The smallest absolute Gasteiger partial charge is 0.239 e. The second-order valence-electron chi connectivity index (χ2n) is 4.41. The minimum absolute atomic E-state index is 0.302. The van der Waals surface area contributed by atoms with Crippen molar-refractivity contribution in [1.29, 1.82) is 0 Å². The maximum Gasteiger partial charge on any atom is 0.239 e. The number of nitrogen functional groups attached to an aromatic ring is 1. The van der Waals surface area contributed by atoms with Crippen molar-refractivity contribution in [2.75, 3.05) is 17.3 Å². The van der Waals surface area contributed by atoms with E-state index in [0.29, 0.717) is 18.1 Å². The summed E-state index contributed by atoms with van der Waals surface area (Å²) in [6, 6.07) is 2.32. The Kier molecular flexibility index (Phi) is 3.75. The molecule has 4 N–H and O–H groups in total. The third kappa shape index (κ3) is 3.28. The second kappa shape index (κ2) is 5.29. The Balaban J connectivity index is 2.04. The normalized spacial score (nSPS) is 24.4. The predicted octanol–water partition coefficient (Wildman–Crippen LogP) is 1.05. The molecule has 0 saturated carbocycles. The van der Waals surface area contributed by atoms with Gasteiger partial charge in [-0.1, -0.05) is 0 Å². The maximum atomic E-state index is 5.51. The number of anilines is 2. The van der Waals surface area contributed by atoms with E-state index in [9.17, 15) is 0 Å². The van der Waals surface area contributed by atoms with Crippen molar-refractivity contribution in [2.45, 2.75) is 38.8 Å². The summed E-state index contributed by atoms with van der Waals surface area (Å²) in [4.78, 5) is 8.42. The highest BCUT2D eigenvalue weighted by Crippen LogP contribution is 2.18. The van der Waals surface area contributed by atoms with Crippen LogP contribution in [0.4, 0.5) is 11.8 Å². The standard InChI is InChI=1S/C11H19N5O/c1-7-5-10(15-11(13-7)16-12)14-9-3-4-17-8(2)6-9/h5,8-9H,3-4,6,12H2,1-2H3,(H2,13,14,15,16). The molecule has 1 aromatic rings. The van der Waals surface area contributed by atoms with Gasteiger partial charge in [0.1, 0.15) is 5.82 Å². The van der Waals surface area contributed by atoms with Gasteiger partial charge in [-0.25, -0.2) is 10.8 Å². The first-order valence-corrected chi connectivity index (χ1v) is 5.88. The lowest BCUT2D eigenvalue weighted by atomic mass is 10.0. The van der Waals surface area contributed by atoms with Crippen LogP contribution in [0.15, 0.2) is 6.07 Å². The van der Waals surface area contributed by atoms with Gasteiger partial charge in [0, 0.05) is 24.4 Å². The van der Waals surface area contributed by atoms with E-state index in [1.54, 1.807) is 0 Å². The Hall–Kier alpha value is -1.40. The minimum Gasteiger partial charge on any atom is -0.378 e. The number of nitrogens with one attached hydrogen (secondary N) is 2. The molecule has 6 heteroatoms. The first-order chi connectivity index (χ1) is 8.17. The summed E-state index contributed by atoms with van der Waals surface area (Å²) in [6.45, 7) is 4.80. The molecular weight excluding hydrogens is 218 g/mol. The number of hydrogen-bond donors (Lipinski definition) is 3. The Bertz CT molecular complexity index is 384. The Morgan fingerprint density at radius 3 is 3.00 bits per heavy atom. The fourth-order valence-electron chi connectivity index (χ4n) is 2.05. The number of nitrogens with two attached hydrogens (primary N) is 1. The van der Waals surface area contributed by atoms with E-state index in [4.69, 9.17) is 10.6 Å². The monoisotopic (exact) mass is 237 g/mol. The van der Waals surface area contributed by atoms with Crippen LogP contribution in [0.5, 0.6) is 0 Å². The second-order valence-corrected chi connectivity index (χ2v) is 4.41. The fourth-order valence-corrected chi connectivity index (χ4v) is 2.05. The molecule has 0 radical (unpaired) electrons. The number of hydrazine groups is 1. The van der Waals surface area contributed by atoms with Gasteiger partial charge in [-0.05, 0) is 26.7 Å². The van der Waals surface area contributed by atoms with Gasteiger partial charge in [-0.2, -0.15) is 4.98 Å². The summed E-state index contributed by atoms with van der Waals surface area (Å²) in [7, 11) is 0. The van der Waals surface area contributed by atoms with Crippen LogP contribution in [-0.2, 0) is 4.74 Å². The minimum atomic E-state index is 0.302. The number of nitrogens with zero attached hydrogens (tertiary/aromatic N) is 2. The first kappa shape index (κ1) is 12.1. The third-order valence-corrected chi connectivity index (χ3v) is 2.82. The summed E-state index contributed by atoms with van der Waals surface area (Å²) < 4.78 is 5.51. The van der Waals surface area contributed by atoms with Crippen LogP contribution >= 0.6 is 0 Å². The van der Waals surface area contributed by atoms with Gasteiger partial charge in [-0.15, -0.1) is 0 Å². The van der Waals surface area contributed by atoms with Crippen LogP contribution in [-0.4, -0.2) is 28.7 Å². The van der Waals surface area contributed by atoms with Gasteiger partial charge in [0.05, 0.1) is 6.10 Å². The van der Waals surface area contributed by atoms with Crippen molar-refractivity contribution in [1.82, 2.24) is 9.97 Å². The summed E-state index contributed by atoms with van der Waals surface area (Å²) in [5.74, 6) is 6.57. The van der Waals surface area contributed by atoms with Gasteiger partial charge < -0.3 is 10.1 Å². The van der Waals surface area contributed by atoms with Gasteiger partial charge in [-0.3, -0.25) is 5.43 Å². The molecule has 6 nitrogen and oxygen atoms in total. The predicted molar refractivity (Wildman–Crippen MR) is 66.6 cm³/mol. The van der Waals surface area contributed by atoms with E-state index in [2.05, 4.69) is 27.6 Å². The van der Waals surface area contributed by atoms with Crippen molar-refractivity contribution in [3.8, 4) is 0 Å². The molecule has 1 saturated heterocycles. The lowest BCUT2D eigenvalue weighted by Gasteiger charge is -2.28. The number of rotatable bonds is 3. The van der Waals surface area contributed by atoms with E-state index >= 15 is 0 Å². The molecule has 1 aromatic heterocycles.